The van der Waals surface area contributed by atoms with Gasteiger partial charge in [0.15, 0.2) is 5.43 Å². The molecule has 7 aromatic rings. The minimum absolute atomic E-state index is 0.0230. The molecule has 25 N–H and O–H groups in total. The van der Waals surface area contributed by atoms with Crippen molar-refractivity contribution in [2.24, 2.45) is 34.8 Å². The van der Waals surface area contributed by atoms with Crippen LogP contribution in [-0.4, -0.2) is 202 Å². The van der Waals surface area contributed by atoms with Crippen LogP contribution in [0.3, 0.4) is 0 Å². The minimum atomic E-state index is -1.48. The number of unbranched alkanes of at least 4 members (excludes halogenated alkanes) is 2. The van der Waals surface area contributed by atoms with Crippen molar-refractivity contribution in [2.75, 3.05) is 113 Å². The molecule has 41 nitrogen and oxygen atoms in total. The predicted molar refractivity (Wildman–Crippen MR) is 470 cm³/mol. The summed E-state index contributed by atoms with van der Waals surface area (Å²) < 4.78 is 6.04. The molecule has 0 unspecified atom stereocenters. The molecule has 6 aliphatic rings. The SMILES string of the molecule is NCCCC[C@@H]1NC(=O)c2cc(NC(=O)CNC(=O)C3CCN(c4nc(Nc5ccc(-c6c7ccc(=O)cc-7oc7cc(O)ccc67)c(C(=O)O)c5)nc(N5CCC(C(=O)NCC(=O)Nc6ccc7c(c6)C(=O)N[C@@H](CCCCN)C(=O)N[C@@H](CO)C(=O)Nc6cc(C(N)=O)ccc6CN7)CC5)n4)CC3)ccc2NCc2ccc(C(N)=O)cc2NC(=O)[C@H](CO)NC1=O. The zero-order valence-corrected chi connectivity index (χ0v) is 69.1. The Morgan fingerprint density at radius 1 is 0.484 bits per heavy atom. The van der Waals surface area contributed by atoms with Gasteiger partial charge in [0.25, 0.3) is 11.8 Å². The van der Waals surface area contributed by atoms with Crippen molar-refractivity contribution in [2.45, 2.75) is 101 Å². The molecule has 4 atom stereocenters. The van der Waals surface area contributed by atoms with E-state index < -0.39 is 139 Å². The van der Waals surface area contributed by atoms with Crippen molar-refractivity contribution in [1.29, 1.82) is 0 Å². The zero-order valence-electron chi connectivity index (χ0n) is 69.1. The Morgan fingerprint density at radius 2 is 0.961 bits per heavy atom. The van der Waals surface area contributed by atoms with E-state index in [-0.39, 0.29) is 204 Å². The molecule has 0 spiro atoms. The number of primary amides is 2. The first kappa shape index (κ1) is 90.5. The molecule has 2 saturated heterocycles. The first-order chi connectivity index (χ1) is 61.6. The highest BCUT2D eigenvalue weighted by Gasteiger charge is 2.35. The lowest BCUT2D eigenvalue weighted by Gasteiger charge is -2.34. The number of aromatic carboxylic acids is 1. The maximum atomic E-state index is 14.4. The first-order valence-electron chi connectivity index (χ1n) is 41.4. The van der Waals surface area contributed by atoms with E-state index in [0.29, 0.717) is 53.3 Å². The average Bonchev–Trinajstić information content (AvgIpc) is 0.745. The van der Waals surface area contributed by atoms with Crippen molar-refractivity contribution in [3.8, 4) is 28.2 Å². The highest BCUT2D eigenvalue weighted by Crippen LogP contribution is 2.43. The lowest BCUT2D eigenvalue weighted by molar-refractivity contribution is -0.128. The van der Waals surface area contributed by atoms with Crippen LogP contribution < -0.4 is 107 Å². The highest BCUT2D eigenvalue weighted by atomic mass is 16.4. The zero-order chi connectivity index (χ0) is 91.0. The fourth-order valence-electron chi connectivity index (χ4n) is 15.4. The lowest BCUT2D eigenvalue weighted by atomic mass is 9.90. The number of carbonyl (C=O) groups excluding carboxylic acids is 12. The second-order valence-corrected chi connectivity index (χ2v) is 31.1. The highest BCUT2D eigenvalue weighted by molar-refractivity contribution is 6.10. The fourth-order valence-corrected chi connectivity index (χ4v) is 15.4. The topological polar surface area (TPSA) is 639 Å². The van der Waals surface area contributed by atoms with Gasteiger partial charge in [-0.15, -0.1) is 0 Å². The lowest BCUT2D eigenvalue weighted by Crippen LogP contribution is -2.54. The number of carbonyl (C=O) groups is 13. The van der Waals surface area contributed by atoms with Crippen LogP contribution in [0.1, 0.15) is 127 Å². The van der Waals surface area contributed by atoms with E-state index in [1.54, 1.807) is 18.2 Å². The number of piperidine rings is 2. The van der Waals surface area contributed by atoms with Crippen molar-refractivity contribution in [3.63, 3.8) is 0 Å². The molecule has 13 rings (SSSR count). The number of rotatable bonds is 26. The standard InChI is InChI=1S/C87H96N22O19/c88-25-3-1-5-63-80(122)103-67(42-110)82(124)101-65-31-46(74(90)116)7-9-48(65)38-92-61-19-12-50(34-59(61)78(120)99-63)96-71(114)40-94-76(118)44-21-27-108(28-22-44)86-105-85(98-52-11-16-55(58(33-52)84(126)127)73-56-17-14-53(112)36-69(56)128-70-37-54(113)15-18-57(70)73)106-87(107-86)109-29-23-45(24-30-109)77(119)95-41-72(115)97-51-13-20-62-60(35-51)79(121)100-64(6-2-4-26-89)81(123)104-68(43-111)83(125)102-66-32-47(75(91)117)8-10-49(66)39-93-62/h7-20,31-37,44-45,63-64,67-68,92-93,110-112H,1-6,21-30,38-43,88-89H2,(H2,90,116)(H2,91,117)(H,94,118)(H,95,119)(H,96,114)(H,97,115)(H,99,120)(H,100,121)(H,101,124)(H,102,125)(H,103,122)(H,104,123)(H,126,127)(H,98,105,106,107)/t63-,64-,67-,68-/m0/s1. The number of fused-ring (bicyclic) bond motifs is 6. The molecular weight excluding hydrogens is 1660 g/mol. The van der Waals surface area contributed by atoms with Gasteiger partial charge in [-0.25, -0.2) is 4.79 Å². The fraction of sp³-hybridized carbons (Fsp3) is 0.322. The number of aliphatic hydroxyl groups is 2. The number of phenolic OH excluding ortho intramolecular Hbond substituents is 1. The summed E-state index contributed by atoms with van der Waals surface area (Å²) in [6, 6.07) is 25.0. The number of carboxylic acids is 1. The van der Waals surface area contributed by atoms with E-state index in [1.165, 1.54) is 109 Å². The smallest absolute Gasteiger partial charge is 0.336 e. The van der Waals surface area contributed by atoms with Crippen LogP contribution in [0.15, 0.2) is 137 Å². The van der Waals surface area contributed by atoms with Gasteiger partial charge in [-0.3, -0.25) is 62.3 Å². The molecule has 0 bridgehead atoms. The van der Waals surface area contributed by atoms with Crippen molar-refractivity contribution < 1.29 is 87.2 Å². The Bertz CT molecular complexity index is 5600. The van der Waals surface area contributed by atoms with Crippen molar-refractivity contribution in [1.82, 2.24) is 46.9 Å². The number of phenols is 1. The van der Waals surface area contributed by atoms with Crippen LogP contribution in [0.25, 0.3) is 33.4 Å². The molecule has 128 heavy (non-hydrogen) atoms. The van der Waals surface area contributed by atoms with Crippen LogP contribution in [0.5, 0.6) is 5.75 Å². The van der Waals surface area contributed by atoms with Gasteiger partial charge < -0.3 is 127 Å². The summed E-state index contributed by atoms with van der Waals surface area (Å²) >= 11 is 0. The number of aromatic nitrogens is 3. The molecule has 2 fully saturated rings. The minimum Gasteiger partial charge on any atom is -0.508 e. The quantitative estimate of drug-likeness (QED) is 0.0274. The largest absolute Gasteiger partial charge is 0.508 e. The molecule has 0 radical (unpaired) electrons. The number of aromatic hydroxyl groups is 1. The van der Waals surface area contributed by atoms with Gasteiger partial charge in [0.05, 0.1) is 43.0 Å². The summed E-state index contributed by atoms with van der Waals surface area (Å²) in [5.41, 5.74) is 25.4. The van der Waals surface area contributed by atoms with Crippen LogP contribution in [0.4, 0.5) is 57.7 Å². The maximum Gasteiger partial charge on any atom is 0.336 e. The normalized spacial score (nSPS) is 17.2. The van der Waals surface area contributed by atoms with Gasteiger partial charge in [0, 0.05) is 131 Å². The van der Waals surface area contributed by atoms with E-state index in [9.17, 15) is 87.5 Å². The molecule has 6 aromatic carbocycles. The summed E-state index contributed by atoms with van der Waals surface area (Å²) in [6.45, 7) is -1.35. The summed E-state index contributed by atoms with van der Waals surface area (Å²) in [5.74, 6) is -10.8. The van der Waals surface area contributed by atoms with E-state index in [4.69, 9.17) is 42.3 Å². The number of hydrogen-bond acceptors (Lipinski definition) is 28. The predicted octanol–water partition coefficient (Wildman–Crippen LogP) is 2.58. The molecule has 668 valence electrons. The Kier molecular flexibility index (Phi) is 29.0. The Morgan fingerprint density at radius 3 is 1.42 bits per heavy atom. The van der Waals surface area contributed by atoms with E-state index in [2.05, 4.69) is 69.1 Å². The van der Waals surface area contributed by atoms with Crippen LogP contribution in [-0.2, 0) is 51.4 Å². The third-order valence-corrected chi connectivity index (χ3v) is 22.3. The van der Waals surface area contributed by atoms with Crippen LogP contribution in [0, 0.1) is 11.8 Å². The van der Waals surface area contributed by atoms with Gasteiger partial charge >= 0.3 is 5.97 Å². The number of anilines is 10. The maximum absolute atomic E-state index is 14.4. The number of carboxylic acid groups (broad SMARTS) is 1. The Hall–Kier alpha value is -15.2. The Balaban J connectivity index is 0.695. The number of nitrogens with one attached hydrogen (secondary N) is 13. The number of aliphatic hydroxyl groups excluding tert-OH is 2. The molecule has 12 amide bonds. The van der Waals surface area contributed by atoms with Gasteiger partial charge in [-0.2, -0.15) is 15.0 Å². The molecule has 6 heterocycles. The number of nitrogens with two attached hydrogens (primary N) is 4. The molecule has 41 heteroatoms. The summed E-state index contributed by atoms with van der Waals surface area (Å²) in [4.78, 5) is 208. The monoisotopic (exact) mass is 1750 g/mol. The second kappa shape index (κ2) is 41.1. The third kappa shape index (κ3) is 22.1. The average molecular weight is 1750 g/mol. The van der Waals surface area contributed by atoms with E-state index >= 15 is 0 Å². The van der Waals surface area contributed by atoms with Gasteiger partial charge in [0.2, 0.25) is 76.9 Å². The molecule has 0 saturated carbocycles. The number of benzene rings is 7. The van der Waals surface area contributed by atoms with E-state index in [1.807, 2.05) is 9.80 Å². The molecule has 1 aromatic heterocycles. The van der Waals surface area contributed by atoms with E-state index in [0.717, 1.165) is 0 Å². The second-order valence-electron chi connectivity index (χ2n) is 31.1. The Labute approximate surface area is 729 Å². The number of amides is 12. The number of hydrogen-bond donors (Lipinski definition) is 21. The summed E-state index contributed by atoms with van der Waals surface area (Å²) in [6.07, 6.45) is 2.87. The molecule has 1 aliphatic carbocycles. The van der Waals surface area contributed by atoms with Gasteiger partial charge in [-0.05, 0) is 191 Å². The van der Waals surface area contributed by atoms with Gasteiger partial charge in [0.1, 0.15) is 41.3 Å². The van der Waals surface area contributed by atoms with Crippen LogP contribution >= 0.6 is 0 Å². The number of nitrogens with zero attached hydrogens (tertiary/aromatic N) is 5. The molecular formula is C87H96N22O19. The van der Waals surface area contributed by atoms with Crippen molar-refractivity contribution >= 4 is 145 Å². The first-order valence-corrected chi connectivity index (χ1v) is 41.4. The summed E-state index contributed by atoms with van der Waals surface area (Å²) in [7, 11) is 0. The van der Waals surface area contributed by atoms with Crippen LogP contribution in [0.2, 0.25) is 0 Å². The van der Waals surface area contributed by atoms with Gasteiger partial charge in [-0.1, -0.05) is 18.2 Å². The molecule has 5 aliphatic heterocycles. The van der Waals surface area contributed by atoms with Crippen molar-refractivity contribution in [3.05, 3.63) is 177 Å². The third-order valence-electron chi connectivity index (χ3n) is 22.3. The summed E-state index contributed by atoms with van der Waals surface area (Å²) in [5, 5.41) is 78.5.